The second-order valence-corrected chi connectivity index (χ2v) is 8.85. The summed E-state index contributed by atoms with van der Waals surface area (Å²) in [4.78, 5) is 0. The van der Waals surface area contributed by atoms with E-state index >= 15 is 0 Å². The van der Waals surface area contributed by atoms with E-state index in [0.29, 0.717) is 0 Å². The quantitative estimate of drug-likeness (QED) is 0.243. The van der Waals surface area contributed by atoms with Gasteiger partial charge >= 0.3 is 0 Å². The van der Waals surface area contributed by atoms with Gasteiger partial charge in [0.2, 0.25) is 0 Å². The van der Waals surface area contributed by atoms with Crippen molar-refractivity contribution in [3.05, 3.63) is 60.7 Å². The van der Waals surface area contributed by atoms with Gasteiger partial charge in [0.25, 0.3) is 0 Å². The van der Waals surface area contributed by atoms with Gasteiger partial charge in [-0.2, -0.15) is 0 Å². The molecule has 0 unspecified atom stereocenters. The molecule has 0 bridgehead atoms. The summed E-state index contributed by atoms with van der Waals surface area (Å²) in [6.07, 6.45) is 0. The van der Waals surface area contributed by atoms with Crippen LogP contribution in [0.4, 0.5) is 0 Å². The lowest BCUT2D eigenvalue weighted by atomic mass is 9.93. The summed E-state index contributed by atoms with van der Waals surface area (Å²) in [6.45, 7) is 0. The monoisotopic (exact) mass is 346 g/mol. The molecule has 0 heteroatoms. The Balaban J connectivity index is 1.90. The summed E-state index contributed by atoms with van der Waals surface area (Å²) >= 11 is 0. The third-order valence-corrected chi connectivity index (χ3v) is 7.92. The first-order valence-corrected chi connectivity index (χ1v) is 10.0. The van der Waals surface area contributed by atoms with Gasteiger partial charge in [-0.3, -0.25) is 0 Å². The van der Waals surface area contributed by atoms with Gasteiger partial charge in [-0.25, -0.2) is 0 Å². The van der Waals surface area contributed by atoms with E-state index in [-0.39, 0.29) is 0 Å². The van der Waals surface area contributed by atoms with Gasteiger partial charge < -0.3 is 0 Å². The second kappa shape index (κ2) is 3.21. The first kappa shape index (κ1) is 11.9. The van der Waals surface area contributed by atoms with Crippen molar-refractivity contribution >= 4 is 97.0 Å². The van der Waals surface area contributed by atoms with E-state index in [1.54, 1.807) is 0 Å². The first-order valence-electron chi connectivity index (χ1n) is 10.0. The van der Waals surface area contributed by atoms with Crippen molar-refractivity contribution in [2.75, 3.05) is 0 Å². The van der Waals surface area contributed by atoms with Crippen molar-refractivity contribution < 1.29 is 0 Å². The fourth-order valence-electron chi connectivity index (χ4n) is 7.07. The van der Waals surface area contributed by atoms with E-state index in [2.05, 4.69) is 60.7 Å². The Morgan fingerprint density at radius 2 is 0.607 bits per heavy atom. The van der Waals surface area contributed by atoms with Gasteiger partial charge in [-0.1, -0.05) is 48.5 Å². The largest absolute Gasteiger partial charge is 0.0537 e. The van der Waals surface area contributed by atoms with E-state index in [0.717, 1.165) is 0 Å². The Bertz CT molecular complexity index is 2000. The molecule has 0 saturated heterocycles. The van der Waals surface area contributed by atoms with Crippen LogP contribution in [0.2, 0.25) is 0 Å². The van der Waals surface area contributed by atoms with Gasteiger partial charge in [0, 0.05) is 0 Å². The fourth-order valence-corrected chi connectivity index (χ4v) is 7.07. The highest BCUT2D eigenvalue weighted by Crippen LogP contribution is 2.58. The summed E-state index contributed by atoms with van der Waals surface area (Å²) in [5.41, 5.74) is 0. The fraction of sp³-hybridized carbons (Fsp3) is 0. The Hall–Kier alpha value is -3.64. The highest BCUT2D eigenvalue weighted by Gasteiger charge is 2.29. The molecule has 0 fully saturated rings. The van der Waals surface area contributed by atoms with Crippen LogP contribution in [0.25, 0.3) is 97.0 Å². The third-order valence-electron chi connectivity index (χ3n) is 7.92. The zero-order chi connectivity index (χ0) is 17.5. The Morgan fingerprint density at radius 1 is 0.250 bits per heavy atom. The van der Waals surface area contributed by atoms with Gasteiger partial charge in [0.15, 0.2) is 0 Å². The third kappa shape index (κ3) is 0.869. The lowest BCUT2D eigenvalue weighted by molar-refractivity contribution is 2.01. The summed E-state index contributed by atoms with van der Waals surface area (Å²) < 4.78 is 0. The predicted octanol–water partition coefficient (Wildman–Crippen LogP) is 8.13. The van der Waals surface area contributed by atoms with E-state index in [1.165, 1.54) is 97.0 Å². The lowest BCUT2D eigenvalue weighted by Crippen LogP contribution is -1.79. The average Bonchev–Trinajstić information content (AvgIpc) is 3.47. The van der Waals surface area contributed by atoms with Crippen LogP contribution in [0.5, 0.6) is 0 Å². The van der Waals surface area contributed by atoms with Crippen LogP contribution in [-0.2, 0) is 0 Å². The lowest BCUT2D eigenvalue weighted by Gasteiger charge is -2.09. The maximum absolute atomic E-state index is 2.43. The first-order chi connectivity index (χ1) is 13.9. The van der Waals surface area contributed by atoms with E-state index in [4.69, 9.17) is 0 Å². The molecule has 0 saturated carbocycles. The number of hydrogen-bond acceptors (Lipinski definition) is 0. The summed E-state index contributed by atoms with van der Waals surface area (Å²) in [6, 6.07) is 23.7. The molecule has 0 heterocycles. The number of rotatable bonds is 0. The second-order valence-electron chi connectivity index (χ2n) is 8.85. The highest BCUT2D eigenvalue weighted by molar-refractivity contribution is 6.58. The molecule has 0 spiro atoms. The molecule has 0 aliphatic rings. The summed E-state index contributed by atoms with van der Waals surface area (Å²) in [5.74, 6) is 0. The van der Waals surface area contributed by atoms with Gasteiger partial charge in [0.1, 0.15) is 0 Å². The molecule has 10 aromatic rings. The van der Waals surface area contributed by atoms with Crippen molar-refractivity contribution in [1.82, 2.24) is 0 Å². The Morgan fingerprint density at radius 3 is 1.07 bits per heavy atom. The van der Waals surface area contributed by atoms with Crippen LogP contribution in [0.15, 0.2) is 60.7 Å². The normalized spacial score (nSPS) is 14.4. The minimum absolute atomic E-state index is 1.39. The molecule has 0 radical (unpaired) electrons. The van der Waals surface area contributed by atoms with E-state index in [9.17, 15) is 0 Å². The Kier molecular flexibility index (Phi) is 1.37. The molecule has 28 heavy (non-hydrogen) atoms. The van der Waals surface area contributed by atoms with Crippen molar-refractivity contribution in [3.8, 4) is 0 Å². The van der Waals surface area contributed by atoms with Crippen LogP contribution >= 0.6 is 0 Å². The van der Waals surface area contributed by atoms with Crippen LogP contribution in [0.3, 0.4) is 0 Å². The maximum Gasteiger partial charge on any atom is -0.0000487 e. The van der Waals surface area contributed by atoms with E-state index in [1.807, 2.05) is 0 Å². The smallest absolute Gasteiger partial charge is 0.0000487 e. The minimum atomic E-state index is 1.39. The van der Waals surface area contributed by atoms with Crippen LogP contribution in [0.1, 0.15) is 0 Å². The van der Waals surface area contributed by atoms with Crippen LogP contribution in [-0.4, -0.2) is 0 Å². The Labute approximate surface area is 157 Å². The zero-order valence-corrected chi connectivity index (χ0v) is 14.8. The molecule has 122 valence electrons. The van der Waals surface area contributed by atoms with Gasteiger partial charge in [0.05, 0.1) is 0 Å². The molecule has 0 aliphatic heterocycles. The predicted molar refractivity (Wildman–Crippen MR) is 122 cm³/mol. The minimum Gasteiger partial charge on any atom is -0.0537 e. The number of fused-ring (bicyclic) bond motifs is 3. The molecule has 10 rings (SSSR count). The van der Waals surface area contributed by atoms with Gasteiger partial charge in [-0.05, 0) is 109 Å². The molecule has 0 aliphatic carbocycles. The molecular weight excluding hydrogens is 336 g/mol. The standard InChI is InChI=1S/C28H10/c1-3-14-16-5-7-18-19-8-6-17-15-4-2-12-10-13-9-11(1)20(14)25-22(13)26(21(12)15)28(24(17)19)27(25)23(16)18/h1-10H. The molecule has 0 amide bonds. The van der Waals surface area contributed by atoms with Crippen molar-refractivity contribution in [2.24, 2.45) is 0 Å². The highest BCUT2D eigenvalue weighted by atomic mass is 14.3. The molecule has 0 aromatic heterocycles. The van der Waals surface area contributed by atoms with Gasteiger partial charge in [-0.15, -0.1) is 0 Å². The van der Waals surface area contributed by atoms with E-state index < -0.39 is 0 Å². The maximum atomic E-state index is 2.43. The van der Waals surface area contributed by atoms with Crippen LogP contribution in [0, 0.1) is 0 Å². The van der Waals surface area contributed by atoms with Crippen molar-refractivity contribution in [1.29, 1.82) is 0 Å². The summed E-state index contributed by atoms with van der Waals surface area (Å²) in [7, 11) is 0. The summed E-state index contributed by atoms with van der Waals surface area (Å²) in [5, 5.41) is 26.3. The number of hydrogen-bond donors (Lipinski definition) is 0. The molecule has 0 N–H and O–H groups in total. The topological polar surface area (TPSA) is 0 Å². The zero-order valence-electron chi connectivity index (χ0n) is 14.8. The SMILES string of the molecule is c1cc2c3ccc4c5ccc6c7ccc8cc9cc1c2c1c9c(c87)c(c65)c1c34. The average molecular weight is 346 g/mol. The van der Waals surface area contributed by atoms with Crippen molar-refractivity contribution in [2.45, 2.75) is 0 Å². The number of benzene rings is 5. The van der Waals surface area contributed by atoms with Crippen LogP contribution < -0.4 is 0 Å². The molecular formula is C28H10. The molecule has 0 atom stereocenters. The molecule has 0 nitrogen and oxygen atoms in total. The molecule has 10 aromatic carbocycles. The van der Waals surface area contributed by atoms with Crippen molar-refractivity contribution in [3.63, 3.8) is 0 Å².